The molecule has 0 saturated carbocycles. The number of rotatable bonds is 4. The number of thioether (sulfide) groups is 1. The van der Waals surface area contributed by atoms with Crippen LogP contribution in [0.25, 0.3) is 0 Å². The molecule has 1 fully saturated rings. The Morgan fingerprint density at radius 1 is 1.23 bits per heavy atom. The quantitative estimate of drug-likeness (QED) is 0.582. The molecule has 0 aromatic heterocycles. The minimum Gasteiger partial charge on any atom is -0.480 e. The summed E-state index contributed by atoms with van der Waals surface area (Å²) >= 11 is 1.19. The van der Waals surface area contributed by atoms with E-state index in [0.29, 0.717) is 0 Å². The molecule has 138 valence electrons. The molecule has 2 heterocycles. The van der Waals surface area contributed by atoms with E-state index in [9.17, 15) is 24.3 Å². The molecule has 3 atom stereocenters. The maximum Gasteiger partial charge on any atom is 0.331 e. The van der Waals surface area contributed by atoms with Crippen LogP contribution in [-0.2, 0) is 14.3 Å². The highest BCUT2D eigenvalue weighted by atomic mass is 32.2. The summed E-state index contributed by atoms with van der Waals surface area (Å²) < 4.78 is 4.06. The molecule has 0 unspecified atom stereocenters. The number of carbonyl (C=O) groups is 4. The fourth-order valence-electron chi connectivity index (χ4n) is 3.26. The second-order valence-corrected chi connectivity index (χ2v) is 8.37. The Kier molecular flexibility index (Phi) is 4.53. The zero-order chi connectivity index (χ0) is 19.2. The number of carbonyl (C=O) groups excluding carboxylic acids is 3. The minimum atomic E-state index is -1.28. The summed E-state index contributed by atoms with van der Waals surface area (Å²) in [6.07, 6.45) is 0. The van der Waals surface area contributed by atoms with E-state index in [1.807, 2.05) is 0 Å². The molecule has 3 rings (SSSR count). The smallest absolute Gasteiger partial charge is 0.331 e. The average Bonchev–Trinajstić information content (AvgIpc) is 3.04. The number of amides is 2. The summed E-state index contributed by atoms with van der Waals surface area (Å²) in [4.78, 5) is 50.3. The monoisotopic (exact) mass is 378 g/mol. The lowest BCUT2D eigenvalue weighted by molar-refractivity contribution is -0.146. The number of esters is 1. The van der Waals surface area contributed by atoms with Crippen molar-refractivity contribution >= 4 is 35.5 Å². The normalized spacial score (nSPS) is 25.1. The number of ether oxygens (including phenoxy) is 1. The van der Waals surface area contributed by atoms with Crippen LogP contribution in [0.2, 0.25) is 0 Å². The highest BCUT2D eigenvalue weighted by molar-refractivity contribution is 8.01. The number of nitrogens with one attached hydrogen (secondary N) is 1. The predicted molar refractivity (Wildman–Crippen MR) is 92.8 cm³/mol. The van der Waals surface area contributed by atoms with Gasteiger partial charge in [-0.05, 0) is 26.0 Å². The van der Waals surface area contributed by atoms with Gasteiger partial charge in [-0.2, -0.15) is 0 Å². The molecule has 0 spiro atoms. The van der Waals surface area contributed by atoms with Gasteiger partial charge in [-0.15, -0.1) is 11.8 Å². The lowest BCUT2D eigenvalue weighted by Gasteiger charge is -2.28. The predicted octanol–water partition coefficient (Wildman–Crippen LogP) is 0.719. The number of methoxy groups -OCH3 is 1. The summed E-state index contributed by atoms with van der Waals surface area (Å²) in [7, 11) is 1.16. The van der Waals surface area contributed by atoms with Crippen molar-refractivity contribution in [2.75, 3.05) is 7.11 Å². The Morgan fingerprint density at radius 2 is 1.77 bits per heavy atom. The summed E-state index contributed by atoms with van der Waals surface area (Å²) in [5.41, 5.74) is 0.423. The highest BCUT2D eigenvalue weighted by Crippen LogP contribution is 2.41. The van der Waals surface area contributed by atoms with Gasteiger partial charge >= 0.3 is 11.9 Å². The first-order valence-electron chi connectivity index (χ1n) is 7.90. The maximum atomic E-state index is 12.7. The van der Waals surface area contributed by atoms with Gasteiger partial charge in [0.2, 0.25) is 0 Å². The van der Waals surface area contributed by atoms with Gasteiger partial charge in [0.25, 0.3) is 11.8 Å². The second kappa shape index (κ2) is 6.40. The van der Waals surface area contributed by atoms with E-state index < -0.39 is 46.0 Å². The van der Waals surface area contributed by atoms with Gasteiger partial charge in [-0.3, -0.25) is 24.6 Å². The third kappa shape index (κ3) is 2.77. The summed E-state index contributed by atoms with van der Waals surface area (Å²) in [6.45, 7) is 3.44. The topological polar surface area (TPSA) is 113 Å². The Balaban J connectivity index is 1.99. The summed E-state index contributed by atoms with van der Waals surface area (Å²) in [5.74, 6) is -3.05. The Labute approximate surface area is 153 Å². The first kappa shape index (κ1) is 18.4. The first-order valence-corrected chi connectivity index (χ1v) is 8.78. The minimum absolute atomic E-state index is 0.212. The third-order valence-corrected chi connectivity index (χ3v) is 6.03. The number of hydrogen-bond acceptors (Lipinski definition) is 7. The van der Waals surface area contributed by atoms with E-state index >= 15 is 0 Å². The van der Waals surface area contributed by atoms with Crippen molar-refractivity contribution in [2.24, 2.45) is 0 Å². The fourth-order valence-corrected chi connectivity index (χ4v) is 4.79. The van der Waals surface area contributed by atoms with Crippen molar-refractivity contribution in [3.63, 3.8) is 0 Å². The van der Waals surface area contributed by atoms with Crippen LogP contribution < -0.4 is 5.32 Å². The van der Waals surface area contributed by atoms with Gasteiger partial charge in [0.15, 0.2) is 6.04 Å². The Hall–Kier alpha value is -2.39. The standard InChI is InChI=1S/C17H18N2O6S/c1-17(2)11(15(22)23)18-12(26-17)10(16(24)25-3)19-13(20)8-6-4-5-7-9(8)14(19)21/h4-7,10-12,18H,1-3H3,(H,22,23)/t10-,11-,12-/m0/s1. The van der Waals surface area contributed by atoms with Crippen LogP contribution in [0.3, 0.4) is 0 Å². The van der Waals surface area contributed by atoms with Gasteiger partial charge in [0.1, 0.15) is 6.04 Å². The van der Waals surface area contributed by atoms with Gasteiger partial charge in [0, 0.05) is 4.75 Å². The van der Waals surface area contributed by atoms with E-state index in [0.717, 1.165) is 12.0 Å². The third-order valence-electron chi connectivity index (χ3n) is 4.54. The van der Waals surface area contributed by atoms with Crippen LogP contribution in [0, 0.1) is 0 Å². The Morgan fingerprint density at radius 3 is 2.19 bits per heavy atom. The number of carboxylic acid groups (broad SMARTS) is 1. The summed E-state index contributed by atoms with van der Waals surface area (Å²) in [6, 6.07) is 4.08. The van der Waals surface area contributed by atoms with Crippen LogP contribution in [0.1, 0.15) is 34.6 Å². The van der Waals surface area contributed by atoms with Gasteiger partial charge in [0.05, 0.1) is 23.6 Å². The molecule has 0 radical (unpaired) electrons. The van der Waals surface area contributed by atoms with E-state index in [1.165, 1.54) is 23.9 Å². The maximum absolute atomic E-state index is 12.7. The lowest BCUT2D eigenvalue weighted by Crippen LogP contribution is -2.56. The molecule has 0 bridgehead atoms. The van der Waals surface area contributed by atoms with Crippen LogP contribution in [0.5, 0.6) is 0 Å². The zero-order valence-corrected chi connectivity index (χ0v) is 15.2. The van der Waals surface area contributed by atoms with Crippen LogP contribution in [-0.4, -0.2) is 63.1 Å². The largest absolute Gasteiger partial charge is 0.480 e. The summed E-state index contributed by atoms with van der Waals surface area (Å²) in [5, 5.41) is 11.5. The first-order chi connectivity index (χ1) is 12.2. The van der Waals surface area contributed by atoms with Crippen molar-refractivity contribution < 1.29 is 29.0 Å². The number of aliphatic carboxylic acids is 1. The van der Waals surface area contributed by atoms with E-state index in [-0.39, 0.29) is 11.1 Å². The van der Waals surface area contributed by atoms with Crippen molar-refractivity contribution in [1.82, 2.24) is 10.2 Å². The zero-order valence-electron chi connectivity index (χ0n) is 14.4. The van der Waals surface area contributed by atoms with Gasteiger partial charge < -0.3 is 9.84 Å². The molecule has 1 aromatic carbocycles. The number of imide groups is 1. The molecule has 1 aromatic rings. The van der Waals surface area contributed by atoms with Crippen molar-refractivity contribution in [3.8, 4) is 0 Å². The molecule has 2 aliphatic rings. The SMILES string of the molecule is COC(=O)[C@H]([C@H]1N[C@@H](C(=O)O)C(C)(C)S1)N1C(=O)c2ccccc2C1=O. The van der Waals surface area contributed by atoms with Crippen molar-refractivity contribution in [3.05, 3.63) is 35.4 Å². The molecule has 2 N–H and O–H groups in total. The molecular weight excluding hydrogens is 360 g/mol. The fraction of sp³-hybridized carbons (Fsp3) is 0.412. The molecule has 8 nitrogen and oxygen atoms in total. The molecule has 0 aliphatic carbocycles. The van der Waals surface area contributed by atoms with Crippen LogP contribution >= 0.6 is 11.8 Å². The molecule has 1 saturated heterocycles. The van der Waals surface area contributed by atoms with Crippen molar-refractivity contribution in [2.45, 2.75) is 36.1 Å². The van der Waals surface area contributed by atoms with E-state index in [2.05, 4.69) is 5.32 Å². The van der Waals surface area contributed by atoms with Crippen molar-refractivity contribution in [1.29, 1.82) is 0 Å². The number of carboxylic acids is 1. The molecule has 2 amide bonds. The number of hydrogen-bond donors (Lipinski definition) is 2. The second-order valence-electron chi connectivity index (χ2n) is 6.57. The average molecular weight is 378 g/mol. The lowest BCUT2D eigenvalue weighted by atomic mass is 10.0. The number of benzene rings is 1. The van der Waals surface area contributed by atoms with E-state index in [4.69, 9.17) is 4.74 Å². The Bertz CT molecular complexity index is 773. The van der Waals surface area contributed by atoms with Crippen LogP contribution in [0.15, 0.2) is 24.3 Å². The molecular formula is C17H18N2O6S. The molecule has 2 aliphatic heterocycles. The van der Waals surface area contributed by atoms with E-state index in [1.54, 1.807) is 26.0 Å². The molecule has 26 heavy (non-hydrogen) atoms. The van der Waals surface area contributed by atoms with Gasteiger partial charge in [-0.1, -0.05) is 12.1 Å². The van der Waals surface area contributed by atoms with Crippen LogP contribution in [0.4, 0.5) is 0 Å². The number of fused-ring (bicyclic) bond motifs is 1. The number of nitrogens with zero attached hydrogens (tertiary/aromatic N) is 1. The van der Waals surface area contributed by atoms with Gasteiger partial charge in [-0.25, -0.2) is 4.79 Å². The molecule has 9 heteroatoms. The highest BCUT2D eigenvalue weighted by Gasteiger charge is 2.54.